The number of aliphatic carboxylic acids is 1. The number of urea groups is 1. The summed E-state index contributed by atoms with van der Waals surface area (Å²) in [7, 11) is 0. The normalized spacial score (nSPS) is 22.1. The number of nitrogens with one attached hydrogen (secondary N) is 1. The lowest BCUT2D eigenvalue weighted by Crippen LogP contribution is -2.56. The number of rotatable bonds is 5. The highest BCUT2D eigenvalue weighted by Crippen LogP contribution is 2.26. The first kappa shape index (κ1) is 15.1. The summed E-state index contributed by atoms with van der Waals surface area (Å²) in [6, 6.07) is -0.0327. The second-order valence-corrected chi connectivity index (χ2v) is 6.32. The number of carboxylic acids is 1. The van der Waals surface area contributed by atoms with Crippen LogP contribution in [0.15, 0.2) is 0 Å². The first-order valence-corrected chi connectivity index (χ1v) is 7.83. The highest BCUT2D eigenvalue weighted by Gasteiger charge is 2.37. The van der Waals surface area contributed by atoms with Crippen LogP contribution in [0.1, 0.15) is 45.4 Å². The molecule has 1 unspecified atom stereocenters. The zero-order valence-electron chi connectivity index (χ0n) is 12.3. The van der Waals surface area contributed by atoms with Gasteiger partial charge in [-0.25, -0.2) is 4.79 Å². The number of carbonyl (C=O) groups is 2. The number of amides is 2. The summed E-state index contributed by atoms with van der Waals surface area (Å²) in [5, 5.41) is 11.9. The Hall–Kier alpha value is -1.26. The first-order chi connectivity index (χ1) is 9.58. The highest BCUT2D eigenvalue weighted by atomic mass is 16.4. The van der Waals surface area contributed by atoms with Crippen molar-refractivity contribution in [3.05, 3.63) is 0 Å². The van der Waals surface area contributed by atoms with E-state index < -0.39 is 5.97 Å². The molecule has 1 heterocycles. The van der Waals surface area contributed by atoms with Gasteiger partial charge in [-0.3, -0.25) is 4.79 Å². The van der Waals surface area contributed by atoms with Crippen molar-refractivity contribution in [3.63, 3.8) is 0 Å². The topological polar surface area (TPSA) is 69.6 Å². The largest absolute Gasteiger partial charge is 0.481 e. The van der Waals surface area contributed by atoms with Crippen molar-refractivity contribution in [2.45, 2.75) is 45.4 Å². The molecule has 2 aliphatic rings. The molecule has 1 saturated carbocycles. The Morgan fingerprint density at radius 3 is 2.50 bits per heavy atom. The average molecular weight is 282 g/mol. The average Bonchev–Trinajstić information content (AvgIpc) is 2.38. The highest BCUT2D eigenvalue weighted by molar-refractivity contribution is 5.76. The Morgan fingerprint density at radius 1 is 1.25 bits per heavy atom. The lowest BCUT2D eigenvalue weighted by Gasteiger charge is -2.41. The molecule has 5 nitrogen and oxygen atoms in total. The van der Waals surface area contributed by atoms with Crippen LogP contribution >= 0.6 is 0 Å². The molecule has 2 N–H and O–H groups in total. The minimum Gasteiger partial charge on any atom is -0.481 e. The van der Waals surface area contributed by atoms with Gasteiger partial charge < -0.3 is 15.3 Å². The molecule has 2 fully saturated rings. The van der Waals surface area contributed by atoms with Crippen LogP contribution in [0.5, 0.6) is 0 Å². The molecule has 0 radical (unpaired) electrons. The number of hydrogen-bond donors (Lipinski definition) is 2. The van der Waals surface area contributed by atoms with Crippen LogP contribution in [0.3, 0.4) is 0 Å². The second kappa shape index (κ2) is 6.95. The van der Waals surface area contributed by atoms with E-state index in [1.807, 2.05) is 0 Å². The summed E-state index contributed by atoms with van der Waals surface area (Å²) in [6.07, 6.45) is 7.71. The Balaban J connectivity index is 1.58. The Bertz CT molecular complexity index is 347. The fraction of sp³-hybridized carbons (Fsp3) is 0.867. The van der Waals surface area contributed by atoms with Gasteiger partial charge in [0.2, 0.25) is 0 Å². The Labute approximate surface area is 120 Å². The molecule has 0 bridgehead atoms. The summed E-state index contributed by atoms with van der Waals surface area (Å²) in [6.45, 7) is 3.61. The smallest absolute Gasteiger partial charge is 0.317 e. The monoisotopic (exact) mass is 282 g/mol. The molecule has 5 heteroatoms. The first-order valence-electron chi connectivity index (χ1n) is 7.83. The van der Waals surface area contributed by atoms with Gasteiger partial charge in [0.15, 0.2) is 0 Å². The molecule has 20 heavy (non-hydrogen) atoms. The molecule has 1 atom stereocenters. The maximum absolute atomic E-state index is 11.9. The fourth-order valence-corrected chi connectivity index (χ4v) is 3.17. The summed E-state index contributed by atoms with van der Waals surface area (Å²) >= 11 is 0. The van der Waals surface area contributed by atoms with E-state index in [4.69, 9.17) is 5.11 Å². The molecule has 0 aromatic carbocycles. The van der Waals surface area contributed by atoms with Crippen LogP contribution in [-0.2, 0) is 4.79 Å². The second-order valence-electron chi connectivity index (χ2n) is 6.32. The summed E-state index contributed by atoms with van der Waals surface area (Å²) in [5.41, 5.74) is 0. The molecule has 1 aliphatic carbocycles. The van der Waals surface area contributed by atoms with Crippen molar-refractivity contribution >= 4 is 12.0 Å². The van der Waals surface area contributed by atoms with Crippen LogP contribution in [0.25, 0.3) is 0 Å². The summed E-state index contributed by atoms with van der Waals surface area (Å²) in [4.78, 5) is 24.4. The van der Waals surface area contributed by atoms with E-state index in [-0.39, 0.29) is 17.9 Å². The van der Waals surface area contributed by atoms with E-state index in [0.717, 1.165) is 18.9 Å². The molecule has 0 aromatic heterocycles. The molecule has 2 rings (SSSR count). The van der Waals surface area contributed by atoms with Gasteiger partial charge in [0.05, 0.1) is 5.92 Å². The van der Waals surface area contributed by atoms with Crippen molar-refractivity contribution in [2.75, 3.05) is 19.6 Å². The number of hydrogen-bond acceptors (Lipinski definition) is 2. The van der Waals surface area contributed by atoms with Crippen LogP contribution in [0.4, 0.5) is 4.79 Å². The van der Waals surface area contributed by atoms with Crippen molar-refractivity contribution in [1.29, 1.82) is 0 Å². The predicted octanol–water partition coefficient (Wildman–Crippen LogP) is 2.32. The lowest BCUT2D eigenvalue weighted by molar-refractivity contribution is -0.144. The van der Waals surface area contributed by atoms with Gasteiger partial charge in [0, 0.05) is 25.6 Å². The number of carboxylic acid groups (broad SMARTS) is 1. The van der Waals surface area contributed by atoms with Crippen molar-refractivity contribution in [2.24, 2.45) is 17.8 Å². The third-order valence-corrected chi connectivity index (χ3v) is 4.85. The summed E-state index contributed by atoms with van der Waals surface area (Å²) < 4.78 is 0. The molecular weight excluding hydrogens is 256 g/mol. The number of likely N-dealkylation sites (tertiary alicyclic amines) is 1. The summed E-state index contributed by atoms with van der Waals surface area (Å²) in [5.74, 6) is -0.245. The minimum absolute atomic E-state index is 0.0327. The SMILES string of the molecule is CC(C(=O)O)C1CN(C(=O)NCCC2CCCCC2)C1. The Morgan fingerprint density at radius 2 is 1.90 bits per heavy atom. The standard InChI is InChI=1S/C15H26N2O3/c1-11(14(18)19)13-9-17(10-13)15(20)16-8-7-12-5-3-2-4-6-12/h11-13H,2-10H2,1H3,(H,16,20)(H,18,19). The van der Waals surface area contributed by atoms with E-state index in [1.165, 1.54) is 32.1 Å². The van der Waals surface area contributed by atoms with Crippen LogP contribution in [0, 0.1) is 17.8 Å². The van der Waals surface area contributed by atoms with E-state index in [1.54, 1.807) is 11.8 Å². The molecule has 0 spiro atoms. The minimum atomic E-state index is -0.771. The van der Waals surface area contributed by atoms with Crippen molar-refractivity contribution in [3.8, 4) is 0 Å². The fourth-order valence-electron chi connectivity index (χ4n) is 3.17. The van der Waals surface area contributed by atoms with Crippen LogP contribution in [0.2, 0.25) is 0 Å². The van der Waals surface area contributed by atoms with Crippen molar-refractivity contribution in [1.82, 2.24) is 10.2 Å². The molecule has 114 valence electrons. The van der Waals surface area contributed by atoms with Gasteiger partial charge in [-0.2, -0.15) is 0 Å². The third kappa shape index (κ3) is 3.87. The van der Waals surface area contributed by atoms with E-state index in [2.05, 4.69) is 5.32 Å². The van der Waals surface area contributed by atoms with Gasteiger partial charge >= 0.3 is 12.0 Å². The zero-order chi connectivity index (χ0) is 14.5. The number of nitrogens with zero attached hydrogens (tertiary/aromatic N) is 1. The van der Waals surface area contributed by atoms with E-state index in [0.29, 0.717) is 13.1 Å². The molecule has 2 amide bonds. The zero-order valence-corrected chi connectivity index (χ0v) is 12.3. The quantitative estimate of drug-likeness (QED) is 0.813. The molecular formula is C15H26N2O3. The predicted molar refractivity (Wildman–Crippen MR) is 76.5 cm³/mol. The van der Waals surface area contributed by atoms with Gasteiger partial charge in [-0.05, 0) is 12.3 Å². The molecule has 1 saturated heterocycles. The van der Waals surface area contributed by atoms with Gasteiger partial charge in [-0.15, -0.1) is 0 Å². The van der Waals surface area contributed by atoms with Gasteiger partial charge in [-0.1, -0.05) is 39.0 Å². The molecule has 1 aliphatic heterocycles. The van der Waals surface area contributed by atoms with E-state index >= 15 is 0 Å². The lowest BCUT2D eigenvalue weighted by atomic mass is 9.87. The van der Waals surface area contributed by atoms with Gasteiger partial charge in [0.1, 0.15) is 0 Å². The maximum atomic E-state index is 11.9. The van der Waals surface area contributed by atoms with Gasteiger partial charge in [0.25, 0.3) is 0 Å². The van der Waals surface area contributed by atoms with Crippen LogP contribution in [-0.4, -0.2) is 41.6 Å². The maximum Gasteiger partial charge on any atom is 0.317 e. The number of carbonyl (C=O) groups excluding carboxylic acids is 1. The third-order valence-electron chi connectivity index (χ3n) is 4.85. The Kier molecular flexibility index (Phi) is 5.26. The van der Waals surface area contributed by atoms with Crippen LogP contribution < -0.4 is 5.32 Å². The van der Waals surface area contributed by atoms with E-state index in [9.17, 15) is 9.59 Å². The van der Waals surface area contributed by atoms with Crippen molar-refractivity contribution < 1.29 is 14.7 Å². The molecule has 0 aromatic rings.